The van der Waals surface area contributed by atoms with Crippen LogP contribution in [0.2, 0.25) is 0 Å². The first-order chi connectivity index (χ1) is 5.50. The van der Waals surface area contributed by atoms with E-state index in [0.717, 1.165) is 0 Å². The Morgan fingerprint density at radius 1 is 0.545 bits per heavy atom. The van der Waals surface area contributed by atoms with Gasteiger partial charge in [-0.3, -0.25) is 0 Å². The van der Waals surface area contributed by atoms with Crippen LogP contribution in [0, 0.1) is 0 Å². The third-order valence-electron chi connectivity index (χ3n) is 1.57. The molecule has 11 heavy (non-hydrogen) atoms. The fourth-order valence-corrected chi connectivity index (χ4v) is 0.960. The summed E-state index contributed by atoms with van der Waals surface area (Å²) in [7, 11) is 0. The summed E-state index contributed by atoms with van der Waals surface area (Å²) in [6, 6.07) is 0. The van der Waals surface area contributed by atoms with Crippen molar-refractivity contribution >= 4 is 0 Å². The van der Waals surface area contributed by atoms with Gasteiger partial charge in [-0.15, -0.1) is 0 Å². The molecule has 1 aliphatic carbocycles. The van der Waals surface area contributed by atoms with Crippen molar-refractivity contribution in [2.45, 2.75) is 19.3 Å². The lowest BCUT2D eigenvalue weighted by molar-refractivity contribution is 0.868. The van der Waals surface area contributed by atoms with Gasteiger partial charge in [0.25, 0.3) is 0 Å². The maximum atomic E-state index is 2.21. The summed E-state index contributed by atoms with van der Waals surface area (Å²) in [5.74, 6) is 0. The first kappa shape index (κ1) is 8.06. The zero-order chi connectivity index (χ0) is 7.78. The molecule has 0 aromatic rings. The Labute approximate surface area is 68.6 Å². The van der Waals surface area contributed by atoms with Gasteiger partial charge in [0, 0.05) is 0 Å². The monoisotopic (exact) mass is 146 g/mol. The minimum absolute atomic E-state index is 1.19. The number of rotatable bonds is 0. The second-order valence-electron chi connectivity index (χ2n) is 2.56. The van der Waals surface area contributed by atoms with E-state index in [0.29, 0.717) is 0 Å². The molecule has 0 unspecified atom stereocenters. The van der Waals surface area contributed by atoms with Crippen LogP contribution in [0.5, 0.6) is 0 Å². The van der Waals surface area contributed by atoms with E-state index in [1.165, 1.54) is 19.3 Å². The Balaban J connectivity index is 2.47. The Kier molecular flexibility index (Phi) is 4.19. The van der Waals surface area contributed by atoms with E-state index in [-0.39, 0.29) is 0 Å². The summed E-state index contributed by atoms with van der Waals surface area (Å²) in [5, 5.41) is 0. The summed E-state index contributed by atoms with van der Waals surface area (Å²) in [6.07, 6.45) is 20.5. The van der Waals surface area contributed by atoms with Gasteiger partial charge in [-0.25, -0.2) is 0 Å². The summed E-state index contributed by atoms with van der Waals surface area (Å²) < 4.78 is 0. The Hall–Kier alpha value is -1.04. The van der Waals surface area contributed by atoms with E-state index in [9.17, 15) is 0 Å². The van der Waals surface area contributed by atoms with Crippen molar-refractivity contribution in [3.8, 4) is 0 Å². The molecule has 0 saturated carbocycles. The molecule has 0 spiro atoms. The Morgan fingerprint density at radius 2 is 1.00 bits per heavy atom. The predicted molar refractivity (Wildman–Crippen MR) is 50.4 cm³/mol. The van der Waals surface area contributed by atoms with E-state index in [1.807, 2.05) is 12.2 Å². The van der Waals surface area contributed by atoms with Crippen molar-refractivity contribution in [3.05, 3.63) is 48.6 Å². The minimum Gasteiger partial charge on any atom is -0.0845 e. The third-order valence-corrected chi connectivity index (χ3v) is 1.57. The van der Waals surface area contributed by atoms with Crippen molar-refractivity contribution in [2.24, 2.45) is 0 Å². The third kappa shape index (κ3) is 4.38. The van der Waals surface area contributed by atoms with Gasteiger partial charge in [0.15, 0.2) is 0 Å². The van der Waals surface area contributed by atoms with Gasteiger partial charge >= 0.3 is 0 Å². The van der Waals surface area contributed by atoms with Crippen molar-refractivity contribution in [1.82, 2.24) is 0 Å². The van der Waals surface area contributed by atoms with Crippen molar-refractivity contribution in [1.29, 1.82) is 0 Å². The lowest BCUT2D eigenvalue weighted by Crippen LogP contribution is -1.67. The van der Waals surface area contributed by atoms with Gasteiger partial charge in [0.1, 0.15) is 0 Å². The fourth-order valence-electron chi connectivity index (χ4n) is 0.960. The summed E-state index contributed by atoms with van der Waals surface area (Å²) in [5.41, 5.74) is 0. The van der Waals surface area contributed by atoms with Gasteiger partial charge in [0.05, 0.1) is 0 Å². The first-order valence-electron chi connectivity index (χ1n) is 4.15. The van der Waals surface area contributed by atoms with Crippen LogP contribution in [-0.2, 0) is 0 Å². The molecule has 0 heteroatoms. The molecular weight excluding hydrogens is 132 g/mol. The van der Waals surface area contributed by atoms with Crippen LogP contribution in [0.4, 0.5) is 0 Å². The van der Waals surface area contributed by atoms with Crippen LogP contribution in [0.1, 0.15) is 19.3 Å². The molecule has 0 bridgehead atoms. The molecule has 0 atom stereocenters. The summed E-state index contributed by atoms with van der Waals surface area (Å²) in [6.45, 7) is 0. The molecule has 0 heterocycles. The molecule has 0 radical (unpaired) electrons. The highest BCUT2D eigenvalue weighted by Crippen LogP contribution is 1.99. The molecule has 1 aliphatic rings. The molecular formula is C11H14. The molecule has 58 valence electrons. The maximum Gasteiger partial charge on any atom is -0.0345 e. The van der Waals surface area contributed by atoms with Gasteiger partial charge in [-0.2, -0.15) is 0 Å². The van der Waals surface area contributed by atoms with Crippen LogP contribution < -0.4 is 0 Å². The molecule has 1 rings (SSSR count). The van der Waals surface area contributed by atoms with Crippen LogP contribution in [0.15, 0.2) is 48.6 Å². The lowest BCUT2D eigenvalue weighted by atomic mass is 10.2. The molecule has 0 fully saturated rings. The summed E-state index contributed by atoms with van der Waals surface area (Å²) in [4.78, 5) is 0. The largest absolute Gasteiger partial charge is 0.0845 e. The minimum atomic E-state index is 1.19. The quantitative estimate of drug-likeness (QED) is 0.491. The van der Waals surface area contributed by atoms with Crippen LogP contribution in [0.25, 0.3) is 0 Å². The second kappa shape index (κ2) is 5.72. The number of allylic oxidation sites excluding steroid dienone is 8. The summed E-state index contributed by atoms with van der Waals surface area (Å²) >= 11 is 0. The fraction of sp³-hybridized carbons (Fsp3) is 0.273. The second-order valence-corrected chi connectivity index (χ2v) is 2.56. The molecule has 0 saturated heterocycles. The highest BCUT2D eigenvalue weighted by molar-refractivity contribution is 5.15. The number of hydrogen-bond acceptors (Lipinski definition) is 0. The SMILES string of the molecule is C1=C/C=C\C=C/CCCC=C1. The first-order valence-corrected chi connectivity index (χ1v) is 4.15. The normalized spacial score (nSPS) is 24.0. The molecule has 0 amide bonds. The van der Waals surface area contributed by atoms with E-state index >= 15 is 0 Å². The zero-order valence-corrected chi connectivity index (χ0v) is 6.74. The van der Waals surface area contributed by atoms with E-state index in [4.69, 9.17) is 0 Å². The molecule has 0 aliphatic heterocycles. The Bertz CT molecular complexity index is 170. The molecule has 0 nitrogen and oxygen atoms in total. The van der Waals surface area contributed by atoms with Crippen LogP contribution in [-0.4, -0.2) is 0 Å². The van der Waals surface area contributed by atoms with E-state index in [2.05, 4.69) is 36.5 Å². The molecule has 0 aromatic heterocycles. The highest BCUT2D eigenvalue weighted by Gasteiger charge is 1.79. The van der Waals surface area contributed by atoms with Gasteiger partial charge < -0.3 is 0 Å². The maximum absolute atomic E-state index is 2.21. The van der Waals surface area contributed by atoms with Gasteiger partial charge in [-0.1, -0.05) is 48.6 Å². The van der Waals surface area contributed by atoms with E-state index in [1.54, 1.807) is 0 Å². The average molecular weight is 146 g/mol. The molecule has 0 aromatic carbocycles. The van der Waals surface area contributed by atoms with E-state index < -0.39 is 0 Å². The number of hydrogen-bond donors (Lipinski definition) is 0. The van der Waals surface area contributed by atoms with Gasteiger partial charge in [-0.05, 0) is 19.3 Å². The molecule has 0 N–H and O–H groups in total. The van der Waals surface area contributed by atoms with Crippen LogP contribution >= 0.6 is 0 Å². The standard InChI is InChI=1S/C11H14/c1-2-4-6-8-10-11-9-7-5-3-1/h1-8H,9-11H2/b3-1-,4-2?,7-5-,8-6?. The average Bonchev–Trinajstić information content (AvgIpc) is 2.08. The smallest absolute Gasteiger partial charge is 0.0345 e. The topological polar surface area (TPSA) is 0 Å². The zero-order valence-electron chi connectivity index (χ0n) is 6.74. The van der Waals surface area contributed by atoms with Crippen molar-refractivity contribution in [2.75, 3.05) is 0 Å². The van der Waals surface area contributed by atoms with Crippen molar-refractivity contribution < 1.29 is 0 Å². The predicted octanol–water partition coefficient (Wildman–Crippen LogP) is 3.40. The van der Waals surface area contributed by atoms with Crippen molar-refractivity contribution in [3.63, 3.8) is 0 Å². The lowest BCUT2D eigenvalue weighted by Gasteiger charge is -1.87. The highest BCUT2D eigenvalue weighted by atomic mass is 13.9. The van der Waals surface area contributed by atoms with Gasteiger partial charge in [0.2, 0.25) is 0 Å². The van der Waals surface area contributed by atoms with Crippen LogP contribution in [0.3, 0.4) is 0 Å². The Morgan fingerprint density at radius 3 is 1.55 bits per heavy atom.